The van der Waals surface area contributed by atoms with E-state index in [4.69, 9.17) is 16.6 Å². The Morgan fingerprint density at radius 3 is 2.61 bits per heavy atom. The van der Waals surface area contributed by atoms with Crippen LogP contribution in [0.25, 0.3) is 10.9 Å². The molecule has 0 saturated heterocycles. The van der Waals surface area contributed by atoms with Crippen molar-refractivity contribution in [2.24, 2.45) is 7.05 Å². The highest BCUT2D eigenvalue weighted by Gasteiger charge is 2.28. The number of nitrogens with one attached hydrogen (secondary N) is 2. The summed E-state index contributed by atoms with van der Waals surface area (Å²) in [7, 11) is -2.08. The lowest BCUT2D eigenvalue weighted by Crippen LogP contribution is -2.38. The number of sulfonamides is 1. The van der Waals surface area contributed by atoms with Gasteiger partial charge in [0.2, 0.25) is 16.0 Å². The van der Waals surface area contributed by atoms with Crippen molar-refractivity contribution in [1.29, 1.82) is 0 Å². The van der Waals surface area contributed by atoms with Gasteiger partial charge in [-0.05, 0) is 62.1 Å². The van der Waals surface area contributed by atoms with Crippen LogP contribution in [0.3, 0.4) is 0 Å². The van der Waals surface area contributed by atoms with Gasteiger partial charge in [-0.2, -0.15) is 0 Å². The molecule has 0 bridgehead atoms. The summed E-state index contributed by atoms with van der Waals surface area (Å²) in [5, 5.41) is 3.77. The molecule has 10 nitrogen and oxygen atoms in total. The second kappa shape index (κ2) is 10.8. The van der Waals surface area contributed by atoms with Crippen LogP contribution in [0.2, 0.25) is 5.15 Å². The largest absolute Gasteiger partial charge is 0.377 e. The summed E-state index contributed by atoms with van der Waals surface area (Å²) in [5.41, 5.74) is 4.62. The van der Waals surface area contributed by atoms with Gasteiger partial charge in [0, 0.05) is 19.2 Å². The average molecular weight is 595 g/mol. The minimum Gasteiger partial charge on any atom is -0.377 e. The lowest BCUT2D eigenvalue weighted by atomic mass is 9.94. The first-order valence-corrected chi connectivity index (χ1v) is 15.4. The maximum atomic E-state index is 13.7. The maximum Gasteiger partial charge on any atom is 0.285 e. The molecule has 0 radical (unpaired) electrons. The van der Waals surface area contributed by atoms with Crippen LogP contribution in [0.4, 0.5) is 11.6 Å². The predicted octanol–water partition coefficient (Wildman–Crippen LogP) is 4.28. The maximum absolute atomic E-state index is 13.7. The summed E-state index contributed by atoms with van der Waals surface area (Å²) in [6, 6.07) is 14.7. The highest BCUT2D eigenvalue weighted by atomic mass is 35.5. The zero-order chi connectivity index (χ0) is 29.6. The fourth-order valence-corrected chi connectivity index (χ4v) is 6.01. The van der Waals surface area contributed by atoms with Gasteiger partial charge in [0.1, 0.15) is 5.15 Å². The molecule has 214 valence electrons. The quantitative estimate of drug-likeness (QED) is 0.317. The van der Waals surface area contributed by atoms with Gasteiger partial charge >= 0.3 is 0 Å². The number of anilines is 2. The first kappa shape index (κ1) is 28.6. The van der Waals surface area contributed by atoms with Crippen LogP contribution in [-0.4, -0.2) is 41.7 Å². The van der Waals surface area contributed by atoms with E-state index in [9.17, 15) is 18.0 Å². The second-order valence-electron chi connectivity index (χ2n) is 10.4. The van der Waals surface area contributed by atoms with Crippen LogP contribution in [0.1, 0.15) is 58.7 Å². The number of carbonyl (C=O) groups is 1. The van der Waals surface area contributed by atoms with Crippen molar-refractivity contribution >= 4 is 50.1 Å². The van der Waals surface area contributed by atoms with E-state index in [-0.39, 0.29) is 28.1 Å². The standard InChI is InChI=1S/C29H31ClN6O4S/c1-16-14-21(17(2)31-23-10-11-24(30)32-26(23)27(37)34-41(5,39)40)25-22(15-16)28(38)35(4)29(33-25)36-13-12-19-8-6-7-9-20(19)18(36)3/h6-11,14-15,17-18,31H,12-13H2,1-5H3,(H,34,37)/t17-,18-/m1/s1. The fraction of sp³-hybridized carbons (Fsp3) is 0.310. The molecule has 0 fully saturated rings. The van der Waals surface area contributed by atoms with E-state index in [0.717, 1.165) is 23.8 Å². The number of pyridine rings is 1. The summed E-state index contributed by atoms with van der Waals surface area (Å²) in [5.74, 6) is -0.337. The summed E-state index contributed by atoms with van der Waals surface area (Å²) in [6.07, 6.45) is 1.73. The summed E-state index contributed by atoms with van der Waals surface area (Å²) < 4.78 is 26.9. The number of halogens is 1. The Hall–Kier alpha value is -3.96. The molecule has 1 aliphatic rings. The Bertz CT molecular complexity index is 1860. The zero-order valence-electron chi connectivity index (χ0n) is 23.4. The van der Waals surface area contributed by atoms with E-state index in [0.29, 0.717) is 23.4 Å². The second-order valence-corrected chi connectivity index (χ2v) is 12.6. The normalized spacial score (nSPS) is 15.9. The van der Waals surface area contributed by atoms with Crippen molar-refractivity contribution in [3.05, 3.63) is 92.0 Å². The Labute approximate surface area is 243 Å². The minimum atomic E-state index is -3.83. The Balaban J connectivity index is 1.59. The number of amides is 1. The molecule has 12 heteroatoms. The molecular formula is C29H31ClN6O4S. The topological polar surface area (TPSA) is 126 Å². The minimum absolute atomic E-state index is 0.0241. The van der Waals surface area contributed by atoms with E-state index < -0.39 is 22.0 Å². The predicted molar refractivity (Wildman–Crippen MR) is 161 cm³/mol. The van der Waals surface area contributed by atoms with Crippen molar-refractivity contribution in [3.63, 3.8) is 0 Å². The molecule has 0 spiro atoms. The number of rotatable bonds is 6. The van der Waals surface area contributed by atoms with Crippen LogP contribution >= 0.6 is 11.6 Å². The summed E-state index contributed by atoms with van der Waals surface area (Å²) in [4.78, 5) is 37.7. The monoisotopic (exact) mass is 594 g/mol. The number of fused-ring (bicyclic) bond motifs is 2. The molecule has 41 heavy (non-hydrogen) atoms. The van der Waals surface area contributed by atoms with Gasteiger partial charge in [-0.3, -0.25) is 14.2 Å². The van der Waals surface area contributed by atoms with Crippen LogP contribution < -0.4 is 20.5 Å². The lowest BCUT2D eigenvalue weighted by molar-refractivity contribution is 0.0977. The van der Waals surface area contributed by atoms with Crippen LogP contribution in [0, 0.1) is 6.92 Å². The summed E-state index contributed by atoms with van der Waals surface area (Å²) >= 11 is 6.03. The number of carbonyl (C=O) groups excluding carboxylic acids is 1. The first-order valence-electron chi connectivity index (χ1n) is 13.1. The highest BCUT2D eigenvalue weighted by Crippen LogP contribution is 2.34. The molecular weight excluding hydrogens is 564 g/mol. The molecule has 2 N–H and O–H groups in total. The molecule has 2 aromatic carbocycles. The lowest BCUT2D eigenvalue weighted by Gasteiger charge is -2.37. The van der Waals surface area contributed by atoms with Crippen LogP contribution in [0.5, 0.6) is 0 Å². The first-order chi connectivity index (χ1) is 19.3. The van der Waals surface area contributed by atoms with Crippen LogP contribution in [-0.2, 0) is 23.5 Å². The number of hydrogen-bond acceptors (Lipinski definition) is 8. The van der Waals surface area contributed by atoms with Crippen LogP contribution in [0.15, 0.2) is 53.3 Å². The molecule has 2 aromatic heterocycles. The molecule has 1 amide bonds. The van der Waals surface area contributed by atoms with Gasteiger partial charge in [0.15, 0.2) is 5.69 Å². The Morgan fingerprint density at radius 1 is 1.15 bits per heavy atom. The van der Waals surface area contributed by atoms with E-state index in [1.165, 1.54) is 17.2 Å². The third-order valence-electron chi connectivity index (χ3n) is 7.38. The number of aromatic nitrogens is 3. The highest BCUT2D eigenvalue weighted by molar-refractivity contribution is 7.89. The number of benzene rings is 2. The van der Waals surface area contributed by atoms with E-state index in [2.05, 4.69) is 34.3 Å². The molecule has 1 aliphatic heterocycles. The third-order valence-corrected chi connectivity index (χ3v) is 8.14. The molecule has 3 heterocycles. The molecule has 2 atom stereocenters. The van der Waals surface area contributed by atoms with E-state index >= 15 is 0 Å². The van der Waals surface area contributed by atoms with E-state index in [1.807, 2.05) is 42.8 Å². The Kier molecular flexibility index (Phi) is 7.52. The molecule has 0 unspecified atom stereocenters. The molecule has 0 saturated carbocycles. The molecule has 0 aliphatic carbocycles. The number of aryl methyl sites for hydroxylation is 1. The Morgan fingerprint density at radius 2 is 1.88 bits per heavy atom. The van der Waals surface area contributed by atoms with Crippen molar-refractivity contribution in [2.75, 3.05) is 23.0 Å². The van der Waals surface area contributed by atoms with Gasteiger partial charge in [-0.1, -0.05) is 41.9 Å². The fourth-order valence-electron chi connectivity index (χ4n) is 5.43. The third kappa shape index (κ3) is 5.64. The van der Waals surface area contributed by atoms with Gasteiger partial charge in [-0.15, -0.1) is 0 Å². The van der Waals surface area contributed by atoms with Gasteiger partial charge in [-0.25, -0.2) is 23.1 Å². The smallest absolute Gasteiger partial charge is 0.285 e. The van der Waals surface area contributed by atoms with Crippen molar-refractivity contribution in [3.8, 4) is 0 Å². The van der Waals surface area contributed by atoms with Gasteiger partial charge in [0.05, 0.1) is 34.9 Å². The molecule has 4 aromatic rings. The van der Waals surface area contributed by atoms with Crippen molar-refractivity contribution in [2.45, 2.75) is 39.3 Å². The number of nitrogens with zero attached hydrogens (tertiary/aromatic N) is 4. The van der Waals surface area contributed by atoms with Gasteiger partial charge in [0.25, 0.3) is 11.5 Å². The van der Waals surface area contributed by atoms with E-state index in [1.54, 1.807) is 17.7 Å². The average Bonchev–Trinajstić information content (AvgIpc) is 2.91. The van der Waals surface area contributed by atoms with Crippen molar-refractivity contribution in [1.82, 2.24) is 19.3 Å². The molecule has 5 rings (SSSR count). The summed E-state index contributed by atoms with van der Waals surface area (Å²) in [6.45, 7) is 6.61. The SMILES string of the molecule is Cc1cc([C@@H](C)Nc2ccc(Cl)nc2C(=O)NS(C)(=O)=O)c2nc(N3CCc4ccccc4[C@H]3C)n(C)c(=O)c2c1. The van der Waals surface area contributed by atoms with Gasteiger partial charge < -0.3 is 10.2 Å². The zero-order valence-corrected chi connectivity index (χ0v) is 25.0. The van der Waals surface area contributed by atoms with Crippen molar-refractivity contribution < 1.29 is 13.2 Å². The number of hydrogen-bond donors (Lipinski definition) is 2.